The zero-order valence-electron chi connectivity index (χ0n) is 10.2. The molecule has 0 aromatic heterocycles. The van der Waals surface area contributed by atoms with Gasteiger partial charge in [0.05, 0.1) is 0 Å². The van der Waals surface area contributed by atoms with Crippen LogP contribution < -0.4 is 0 Å². The van der Waals surface area contributed by atoms with Gasteiger partial charge in [0.1, 0.15) is 0 Å². The summed E-state index contributed by atoms with van der Waals surface area (Å²) < 4.78 is 0. The first-order valence-electron chi connectivity index (χ1n) is 5.20. The number of nitrogens with zero attached hydrogens (tertiary/aromatic N) is 2. The second kappa shape index (κ2) is 5.61. The van der Waals surface area contributed by atoms with Crippen molar-refractivity contribution in [2.45, 2.75) is 27.2 Å². The fraction of sp³-hybridized carbons (Fsp3) is 1.00. The van der Waals surface area contributed by atoms with Gasteiger partial charge in [-0.15, -0.1) is 0 Å². The Morgan fingerprint density at radius 2 is 1.62 bits per heavy atom. The van der Waals surface area contributed by atoms with Crippen LogP contribution in [0.3, 0.4) is 0 Å². The van der Waals surface area contributed by atoms with Gasteiger partial charge in [0.2, 0.25) is 0 Å². The zero-order chi connectivity index (χ0) is 10.5. The van der Waals surface area contributed by atoms with E-state index in [0.29, 0.717) is 5.41 Å². The topological polar surface area (TPSA) is 6.48 Å². The van der Waals surface area contributed by atoms with Crippen LogP contribution in [0.25, 0.3) is 0 Å². The van der Waals surface area contributed by atoms with Crippen LogP contribution in [-0.4, -0.2) is 50.6 Å². The van der Waals surface area contributed by atoms with Crippen LogP contribution in [0.15, 0.2) is 0 Å². The van der Waals surface area contributed by atoms with E-state index in [1.54, 1.807) is 0 Å². The molecule has 0 aromatic rings. The van der Waals surface area contributed by atoms with Gasteiger partial charge in [-0.05, 0) is 46.1 Å². The van der Waals surface area contributed by atoms with E-state index < -0.39 is 0 Å². The highest BCUT2D eigenvalue weighted by atomic mass is 15.1. The molecule has 0 bridgehead atoms. The van der Waals surface area contributed by atoms with Crippen molar-refractivity contribution in [3.05, 3.63) is 0 Å². The first-order valence-corrected chi connectivity index (χ1v) is 5.20. The molecule has 0 saturated heterocycles. The van der Waals surface area contributed by atoms with E-state index in [2.05, 4.69) is 51.7 Å². The van der Waals surface area contributed by atoms with Gasteiger partial charge in [0.25, 0.3) is 0 Å². The Kier molecular flexibility index (Phi) is 5.57. The summed E-state index contributed by atoms with van der Waals surface area (Å²) in [5.41, 5.74) is 0.440. The highest BCUT2D eigenvalue weighted by Gasteiger charge is 2.19. The minimum absolute atomic E-state index is 0.440. The summed E-state index contributed by atoms with van der Waals surface area (Å²) in [4.78, 5) is 4.64. The Labute approximate surface area is 83.9 Å². The van der Waals surface area contributed by atoms with Gasteiger partial charge >= 0.3 is 0 Å². The van der Waals surface area contributed by atoms with E-state index in [1.807, 2.05) is 0 Å². The maximum Gasteiger partial charge on any atom is 0.00300 e. The molecule has 0 amide bonds. The second-order valence-corrected chi connectivity index (χ2v) is 5.05. The molecule has 0 aliphatic heterocycles. The molecule has 0 rings (SSSR count). The predicted molar refractivity (Wildman–Crippen MR) is 60.1 cm³/mol. The van der Waals surface area contributed by atoms with Crippen LogP contribution in [0.4, 0.5) is 0 Å². The van der Waals surface area contributed by atoms with Gasteiger partial charge in [0.15, 0.2) is 0 Å². The molecular weight excluding hydrogens is 160 g/mol. The SMILES string of the molecule is CCN(C)CC(C)(C)CCN(C)C. The molecule has 0 spiro atoms. The van der Waals surface area contributed by atoms with Gasteiger partial charge in [-0.3, -0.25) is 0 Å². The lowest BCUT2D eigenvalue weighted by Crippen LogP contribution is -2.33. The highest BCUT2D eigenvalue weighted by molar-refractivity contribution is 4.73. The van der Waals surface area contributed by atoms with E-state index in [-0.39, 0.29) is 0 Å². The third kappa shape index (κ3) is 7.03. The molecule has 13 heavy (non-hydrogen) atoms. The predicted octanol–water partition coefficient (Wildman–Crippen LogP) is 1.92. The lowest BCUT2D eigenvalue weighted by Gasteiger charge is -2.30. The summed E-state index contributed by atoms with van der Waals surface area (Å²) >= 11 is 0. The van der Waals surface area contributed by atoms with Gasteiger partial charge in [-0.2, -0.15) is 0 Å². The second-order valence-electron chi connectivity index (χ2n) is 5.05. The van der Waals surface area contributed by atoms with Gasteiger partial charge in [-0.1, -0.05) is 20.8 Å². The van der Waals surface area contributed by atoms with Crippen molar-refractivity contribution in [2.24, 2.45) is 5.41 Å². The lowest BCUT2D eigenvalue weighted by atomic mass is 9.88. The minimum atomic E-state index is 0.440. The van der Waals surface area contributed by atoms with Crippen molar-refractivity contribution < 1.29 is 0 Å². The molecule has 0 fully saturated rings. The molecule has 0 aliphatic rings. The van der Waals surface area contributed by atoms with Gasteiger partial charge < -0.3 is 9.80 Å². The van der Waals surface area contributed by atoms with Crippen molar-refractivity contribution in [1.29, 1.82) is 0 Å². The standard InChI is InChI=1S/C11H26N2/c1-7-13(6)10-11(2,3)8-9-12(4)5/h7-10H2,1-6H3. The Balaban J connectivity index is 3.79. The summed E-state index contributed by atoms with van der Waals surface area (Å²) in [6.45, 7) is 10.4. The minimum Gasteiger partial charge on any atom is -0.309 e. The molecule has 0 radical (unpaired) electrons. The molecule has 0 unspecified atom stereocenters. The van der Waals surface area contributed by atoms with Crippen LogP contribution in [0, 0.1) is 5.41 Å². The monoisotopic (exact) mass is 186 g/mol. The molecule has 0 N–H and O–H groups in total. The van der Waals surface area contributed by atoms with Crippen molar-refractivity contribution in [3.8, 4) is 0 Å². The molecular formula is C11H26N2. The van der Waals surface area contributed by atoms with Crippen molar-refractivity contribution in [3.63, 3.8) is 0 Å². The molecule has 2 heteroatoms. The van der Waals surface area contributed by atoms with E-state index in [4.69, 9.17) is 0 Å². The average molecular weight is 186 g/mol. The summed E-state index contributed by atoms with van der Waals surface area (Å²) in [7, 11) is 6.47. The highest BCUT2D eigenvalue weighted by Crippen LogP contribution is 2.21. The van der Waals surface area contributed by atoms with Crippen molar-refractivity contribution in [2.75, 3.05) is 40.8 Å². The fourth-order valence-electron chi connectivity index (χ4n) is 1.45. The fourth-order valence-corrected chi connectivity index (χ4v) is 1.45. The van der Waals surface area contributed by atoms with Crippen molar-refractivity contribution >= 4 is 0 Å². The Morgan fingerprint density at radius 3 is 2.00 bits per heavy atom. The Morgan fingerprint density at radius 1 is 1.08 bits per heavy atom. The van der Waals surface area contributed by atoms with Crippen LogP contribution in [0.2, 0.25) is 0 Å². The van der Waals surface area contributed by atoms with Crippen LogP contribution >= 0.6 is 0 Å². The molecule has 0 heterocycles. The third-order valence-corrected chi connectivity index (χ3v) is 2.47. The molecule has 2 nitrogen and oxygen atoms in total. The molecule has 80 valence electrons. The molecule has 0 aromatic carbocycles. The normalized spacial score (nSPS) is 12.9. The smallest absolute Gasteiger partial charge is 0.00300 e. The van der Waals surface area contributed by atoms with Crippen molar-refractivity contribution in [1.82, 2.24) is 9.80 Å². The summed E-state index contributed by atoms with van der Waals surface area (Å²) in [6.07, 6.45) is 1.27. The average Bonchev–Trinajstić information content (AvgIpc) is 2.00. The zero-order valence-corrected chi connectivity index (χ0v) is 10.2. The quantitative estimate of drug-likeness (QED) is 0.625. The molecule has 0 aliphatic carbocycles. The number of rotatable bonds is 6. The lowest BCUT2D eigenvalue weighted by molar-refractivity contribution is 0.187. The van der Waals surface area contributed by atoms with Crippen LogP contribution in [0.1, 0.15) is 27.2 Å². The largest absolute Gasteiger partial charge is 0.309 e. The number of hydrogen-bond donors (Lipinski definition) is 0. The maximum absolute atomic E-state index is 2.38. The van der Waals surface area contributed by atoms with Crippen LogP contribution in [0.5, 0.6) is 0 Å². The van der Waals surface area contributed by atoms with Gasteiger partial charge in [0, 0.05) is 6.54 Å². The maximum atomic E-state index is 2.38. The van der Waals surface area contributed by atoms with E-state index >= 15 is 0 Å². The van der Waals surface area contributed by atoms with Crippen LogP contribution in [-0.2, 0) is 0 Å². The first-order chi connectivity index (χ1) is 5.87. The Bertz CT molecular complexity index is 130. The van der Waals surface area contributed by atoms with E-state index in [0.717, 1.165) is 6.54 Å². The van der Waals surface area contributed by atoms with Gasteiger partial charge in [-0.25, -0.2) is 0 Å². The number of hydrogen-bond acceptors (Lipinski definition) is 2. The summed E-state index contributed by atoms with van der Waals surface area (Å²) in [5.74, 6) is 0. The third-order valence-electron chi connectivity index (χ3n) is 2.47. The summed E-state index contributed by atoms with van der Waals surface area (Å²) in [6, 6.07) is 0. The summed E-state index contributed by atoms with van der Waals surface area (Å²) in [5, 5.41) is 0. The molecule has 0 atom stereocenters. The first kappa shape index (κ1) is 12.9. The molecule has 0 saturated carbocycles. The van der Waals surface area contributed by atoms with E-state index in [9.17, 15) is 0 Å². The Hall–Kier alpha value is -0.0800. The van der Waals surface area contributed by atoms with E-state index in [1.165, 1.54) is 19.5 Å².